The first-order valence-corrected chi connectivity index (χ1v) is 3.94. The number of aromatic nitrogens is 3. The van der Waals surface area contributed by atoms with E-state index in [1.807, 2.05) is 0 Å². The Bertz CT molecular complexity index is 356. The van der Waals surface area contributed by atoms with Crippen LogP contribution in [0.4, 0.5) is 0 Å². The maximum Gasteiger partial charge on any atom is 0.147 e. The molecular formula is C5H3N3S2. The third kappa shape index (κ3) is 0.783. The number of hydrogen-bond acceptors (Lipinski definition) is 5. The summed E-state index contributed by atoms with van der Waals surface area (Å²) >= 11 is 5.60. The lowest BCUT2D eigenvalue weighted by molar-refractivity contribution is 1.10. The Morgan fingerprint density at radius 2 is 2.20 bits per heavy atom. The average molecular weight is 169 g/mol. The summed E-state index contributed by atoms with van der Waals surface area (Å²) in [5.74, 6) is 0. The van der Waals surface area contributed by atoms with Gasteiger partial charge in [-0.3, -0.25) is 0 Å². The molecule has 0 amide bonds. The van der Waals surface area contributed by atoms with Crippen LogP contribution in [0.1, 0.15) is 0 Å². The molecule has 0 bridgehead atoms. The molecule has 0 atom stereocenters. The fourth-order valence-corrected chi connectivity index (χ4v) is 1.60. The summed E-state index contributed by atoms with van der Waals surface area (Å²) in [6.45, 7) is 0. The van der Waals surface area contributed by atoms with Gasteiger partial charge < -0.3 is 0 Å². The predicted molar refractivity (Wildman–Crippen MR) is 42.5 cm³/mol. The largest absolute Gasteiger partial charge is 0.240 e. The van der Waals surface area contributed by atoms with E-state index in [1.165, 1.54) is 17.7 Å². The second-order valence-corrected chi connectivity index (χ2v) is 2.96. The fourth-order valence-electron chi connectivity index (χ4n) is 0.682. The van der Waals surface area contributed by atoms with Crippen LogP contribution in [-0.4, -0.2) is 15.0 Å². The molecule has 0 spiro atoms. The Balaban J connectivity index is 2.95. The van der Waals surface area contributed by atoms with Crippen molar-refractivity contribution < 1.29 is 0 Å². The van der Waals surface area contributed by atoms with E-state index in [0.717, 1.165) is 10.3 Å². The molecule has 0 fully saturated rings. The van der Waals surface area contributed by atoms with Crippen LogP contribution in [-0.2, 0) is 0 Å². The Kier molecular flexibility index (Phi) is 1.32. The van der Waals surface area contributed by atoms with Crippen LogP contribution in [0, 0.1) is 0 Å². The number of nitrogens with zero attached hydrogens (tertiary/aromatic N) is 3. The number of thiazole rings is 1. The molecule has 2 heterocycles. The predicted octanol–water partition coefficient (Wildman–Crippen LogP) is 1.37. The molecular weight excluding hydrogens is 166 g/mol. The first kappa shape index (κ1) is 6.06. The van der Waals surface area contributed by atoms with Gasteiger partial charge in [0, 0.05) is 0 Å². The van der Waals surface area contributed by atoms with Crippen molar-refractivity contribution in [2.24, 2.45) is 0 Å². The molecule has 2 aromatic rings. The number of rotatable bonds is 0. The Morgan fingerprint density at radius 3 is 3.00 bits per heavy atom. The van der Waals surface area contributed by atoms with Crippen LogP contribution < -0.4 is 0 Å². The van der Waals surface area contributed by atoms with Gasteiger partial charge >= 0.3 is 0 Å². The molecule has 0 saturated carbocycles. The Hall–Kier alpha value is -0.680. The quantitative estimate of drug-likeness (QED) is 0.478. The second-order valence-electron chi connectivity index (χ2n) is 1.70. The average Bonchev–Trinajstić information content (AvgIpc) is 2.36. The first-order valence-electron chi connectivity index (χ1n) is 2.61. The zero-order chi connectivity index (χ0) is 6.97. The van der Waals surface area contributed by atoms with Gasteiger partial charge in [0.1, 0.15) is 21.7 Å². The van der Waals surface area contributed by atoms with E-state index >= 15 is 0 Å². The highest BCUT2D eigenvalue weighted by Gasteiger charge is 2.00. The summed E-state index contributed by atoms with van der Waals surface area (Å²) in [6, 6.07) is 0. The van der Waals surface area contributed by atoms with Gasteiger partial charge in [-0.1, -0.05) is 0 Å². The minimum atomic E-state index is 0.645. The van der Waals surface area contributed by atoms with Crippen molar-refractivity contribution in [3.05, 3.63) is 11.8 Å². The van der Waals surface area contributed by atoms with Crippen LogP contribution in [0.3, 0.4) is 0 Å². The molecule has 0 radical (unpaired) electrons. The normalized spacial score (nSPS) is 10.5. The van der Waals surface area contributed by atoms with Crippen molar-refractivity contribution in [1.82, 2.24) is 15.0 Å². The van der Waals surface area contributed by atoms with E-state index in [2.05, 4.69) is 27.6 Å². The summed E-state index contributed by atoms with van der Waals surface area (Å²) in [5, 5.41) is 0.645. The maximum absolute atomic E-state index is 4.11. The molecule has 50 valence electrons. The minimum Gasteiger partial charge on any atom is -0.240 e. The smallest absolute Gasteiger partial charge is 0.147 e. The molecule has 0 aliphatic carbocycles. The van der Waals surface area contributed by atoms with Gasteiger partial charge in [0.05, 0.1) is 5.51 Å². The van der Waals surface area contributed by atoms with Gasteiger partial charge in [0.25, 0.3) is 0 Å². The zero-order valence-corrected chi connectivity index (χ0v) is 6.56. The summed E-state index contributed by atoms with van der Waals surface area (Å²) < 4.78 is 0. The van der Waals surface area contributed by atoms with Crippen molar-refractivity contribution >= 4 is 34.3 Å². The number of fused-ring (bicyclic) bond motifs is 1. The van der Waals surface area contributed by atoms with Crippen LogP contribution in [0.5, 0.6) is 0 Å². The van der Waals surface area contributed by atoms with Crippen molar-refractivity contribution in [3.63, 3.8) is 0 Å². The van der Waals surface area contributed by atoms with Gasteiger partial charge in [-0.05, 0) is 0 Å². The van der Waals surface area contributed by atoms with E-state index in [-0.39, 0.29) is 0 Å². The lowest BCUT2D eigenvalue weighted by Crippen LogP contribution is -1.79. The van der Waals surface area contributed by atoms with Crippen LogP contribution in [0.15, 0.2) is 16.9 Å². The highest BCUT2D eigenvalue weighted by Crippen LogP contribution is 2.18. The lowest BCUT2D eigenvalue weighted by atomic mass is 10.6. The van der Waals surface area contributed by atoms with Gasteiger partial charge in [0.2, 0.25) is 0 Å². The highest BCUT2D eigenvalue weighted by atomic mass is 32.1. The summed E-state index contributed by atoms with van der Waals surface area (Å²) in [7, 11) is 0. The summed E-state index contributed by atoms with van der Waals surface area (Å²) in [6.07, 6.45) is 1.49. The van der Waals surface area contributed by atoms with Gasteiger partial charge in [0.15, 0.2) is 0 Å². The molecule has 5 heteroatoms. The van der Waals surface area contributed by atoms with E-state index in [4.69, 9.17) is 0 Å². The van der Waals surface area contributed by atoms with Crippen molar-refractivity contribution in [3.8, 4) is 0 Å². The maximum atomic E-state index is 4.11. The van der Waals surface area contributed by atoms with Crippen molar-refractivity contribution in [2.75, 3.05) is 0 Å². The van der Waals surface area contributed by atoms with Gasteiger partial charge in [-0.2, -0.15) is 0 Å². The molecule has 10 heavy (non-hydrogen) atoms. The molecule has 2 aromatic heterocycles. The lowest BCUT2D eigenvalue weighted by Gasteiger charge is -1.87. The third-order valence-corrected chi connectivity index (χ3v) is 2.18. The molecule has 0 aromatic carbocycles. The molecule has 0 unspecified atom stereocenters. The van der Waals surface area contributed by atoms with E-state index in [9.17, 15) is 0 Å². The van der Waals surface area contributed by atoms with Crippen LogP contribution >= 0.6 is 24.0 Å². The van der Waals surface area contributed by atoms with E-state index in [1.54, 1.807) is 5.51 Å². The molecule has 3 nitrogen and oxygen atoms in total. The zero-order valence-electron chi connectivity index (χ0n) is 4.85. The SMILES string of the molecule is Sc1ncnc2scnc12. The standard InChI is InChI=1S/C5H3N3S2/c9-4-3-5(7-1-6-4)10-2-8-3/h1-2H,(H,6,7,9). The monoisotopic (exact) mass is 169 g/mol. The van der Waals surface area contributed by atoms with Crippen molar-refractivity contribution in [1.29, 1.82) is 0 Å². The molecule has 0 aliphatic heterocycles. The minimum absolute atomic E-state index is 0.645. The number of thiol groups is 1. The Labute approximate surface area is 66.6 Å². The summed E-state index contributed by atoms with van der Waals surface area (Å²) in [5.41, 5.74) is 2.52. The molecule has 2 rings (SSSR count). The molecule has 0 N–H and O–H groups in total. The third-order valence-electron chi connectivity index (χ3n) is 1.12. The molecule has 0 saturated heterocycles. The van der Waals surface area contributed by atoms with Gasteiger partial charge in [-0.25, -0.2) is 15.0 Å². The van der Waals surface area contributed by atoms with E-state index < -0.39 is 0 Å². The summed E-state index contributed by atoms with van der Waals surface area (Å²) in [4.78, 5) is 12.8. The van der Waals surface area contributed by atoms with E-state index in [0.29, 0.717) is 5.03 Å². The van der Waals surface area contributed by atoms with Crippen LogP contribution in [0.2, 0.25) is 0 Å². The number of hydrogen-bond donors (Lipinski definition) is 1. The van der Waals surface area contributed by atoms with Crippen LogP contribution in [0.25, 0.3) is 10.3 Å². The first-order chi connectivity index (χ1) is 4.88. The highest BCUT2D eigenvalue weighted by molar-refractivity contribution is 7.80. The van der Waals surface area contributed by atoms with Gasteiger partial charge in [-0.15, -0.1) is 24.0 Å². The Morgan fingerprint density at radius 1 is 1.30 bits per heavy atom. The fraction of sp³-hybridized carbons (Fsp3) is 0. The topological polar surface area (TPSA) is 38.7 Å². The van der Waals surface area contributed by atoms with Crippen molar-refractivity contribution in [2.45, 2.75) is 5.03 Å². The second kappa shape index (κ2) is 2.17. The molecule has 0 aliphatic rings.